The molecule has 2 aromatic carbocycles. The number of carbonyl (C=O) groups excluding carboxylic acids is 2. The lowest BCUT2D eigenvalue weighted by Gasteiger charge is -2.19. The molecule has 0 saturated heterocycles. The van der Waals surface area contributed by atoms with E-state index in [9.17, 15) is 9.59 Å². The van der Waals surface area contributed by atoms with Gasteiger partial charge in [-0.15, -0.1) is 0 Å². The third-order valence-corrected chi connectivity index (χ3v) is 4.95. The maximum absolute atomic E-state index is 12.1. The Labute approximate surface area is 166 Å². The van der Waals surface area contributed by atoms with Crippen molar-refractivity contribution in [3.8, 4) is 5.75 Å². The monoisotopic (exact) mass is 403 g/mol. The number of nitrogens with one attached hydrogen (secondary N) is 1. The van der Waals surface area contributed by atoms with Crippen molar-refractivity contribution >= 4 is 46.0 Å². The summed E-state index contributed by atoms with van der Waals surface area (Å²) in [5, 5.41) is 3.72. The quantitative estimate of drug-likeness (QED) is 0.721. The Hall–Kier alpha value is -2.51. The summed E-state index contributed by atoms with van der Waals surface area (Å²) in [6.07, 6.45) is 0. The normalized spacial score (nSPS) is 13.4. The average Bonchev–Trinajstić information content (AvgIpc) is 3.05. The van der Waals surface area contributed by atoms with E-state index in [0.29, 0.717) is 29.0 Å². The molecule has 140 valence electrons. The minimum atomic E-state index is -0.165. The molecule has 0 unspecified atom stereocenters. The van der Waals surface area contributed by atoms with E-state index < -0.39 is 0 Å². The van der Waals surface area contributed by atoms with Crippen molar-refractivity contribution in [1.82, 2.24) is 5.32 Å². The van der Waals surface area contributed by atoms with E-state index >= 15 is 0 Å². The summed E-state index contributed by atoms with van der Waals surface area (Å²) in [4.78, 5) is 29.9. The Bertz CT molecular complexity index is 845. The number of amidine groups is 1. The number of nitrogens with zero attached hydrogens (tertiary/aromatic N) is 2. The molecule has 6 nitrogen and oxygen atoms in total. The molecule has 0 fully saturated rings. The van der Waals surface area contributed by atoms with Gasteiger partial charge >= 0.3 is 0 Å². The molecule has 1 N–H and O–H groups in total. The van der Waals surface area contributed by atoms with E-state index in [4.69, 9.17) is 16.3 Å². The van der Waals surface area contributed by atoms with Gasteiger partial charge < -0.3 is 10.1 Å². The number of rotatable bonds is 7. The Morgan fingerprint density at radius 3 is 2.70 bits per heavy atom. The van der Waals surface area contributed by atoms with Crippen molar-refractivity contribution < 1.29 is 14.3 Å². The first kappa shape index (κ1) is 19.3. The number of hydrogen-bond acceptors (Lipinski definition) is 5. The van der Waals surface area contributed by atoms with Crippen LogP contribution in [-0.4, -0.2) is 42.4 Å². The van der Waals surface area contributed by atoms with Gasteiger partial charge in [0.25, 0.3) is 5.91 Å². The van der Waals surface area contributed by atoms with Crippen LogP contribution in [0.25, 0.3) is 0 Å². The molecule has 2 amide bonds. The minimum absolute atomic E-state index is 0.0556. The van der Waals surface area contributed by atoms with Gasteiger partial charge in [0, 0.05) is 0 Å². The molecule has 0 aliphatic carbocycles. The Morgan fingerprint density at radius 1 is 1.19 bits per heavy atom. The van der Waals surface area contributed by atoms with Gasteiger partial charge in [-0.2, -0.15) is 0 Å². The standard InChI is InChI=1S/C19H18ClN3O3S/c20-15-8-4-5-9-16(15)23-18(25)12-22-19(23)27-13-17(24)21-10-11-26-14-6-2-1-3-7-14/h1-9H,10-13H2,(H,21,24). The third kappa shape index (κ3) is 5.24. The van der Waals surface area contributed by atoms with Crippen LogP contribution in [0.3, 0.4) is 0 Å². The van der Waals surface area contributed by atoms with E-state index in [0.717, 1.165) is 5.75 Å². The molecule has 0 atom stereocenters. The molecule has 0 saturated carbocycles. The third-order valence-electron chi connectivity index (χ3n) is 3.65. The molecule has 8 heteroatoms. The number of carbonyl (C=O) groups is 2. The van der Waals surface area contributed by atoms with Gasteiger partial charge in [-0.3, -0.25) is 19.5 Å². The van der Waals surface area contributed by atoms with Crippen molar-refractivity contribution in [2.75, 3.05) is 30.3 Å². The topological polar surface area (TPSA) is 71.0 Å². The predicted octanol–water partition coefficient (Wildman–Crippen LogP) is 2.97. The van der Waals surface area contributed by atoms with Gasteiger partial charge in [0.1, 0.15) is 18.9 Å². The van der Waals surface area contributed by atoms with Crippen LogP contribution in [0.5, 0.6) is 5.75 Å². The van der Waals surface area contributed by atoms with Crippen LogP contribution in [0, 0.1) is 0 Å². The highest BCUT2D eigenvalue weighted by Crippen LogP contribution is 2.30. The largest absolute Gasteiger partial charge is 0.492 e. The molecule has 0 radical (unpaired) electrons. The van der Waals surface area contributed by atoms with E-state index in [1.807, 2.05) is 30.3 Å². The maximum Gasteiger partial charge on any atom is 0.254 e. The predicted molar refractivity (Wildman–Crippen MR) is 109 cm³/mol. The molecule has 0 spiro atoms. The lowest BCUT2D eigenvalue weighted by Crippen LogP contribution is -2.33. The van der Waals surface area contributed by atoms with E-state index in [1.165, 1.54) is 16.7 Å². The SMILES string of the molecule is O=C(CSC1=NCC(=O)N1c1ccccc1Cl)NCCOc1ccccc1. The molecular weight excluding hydrogens is 386 g/mol. The molecule has 1 aliphatic rings. The van der Waals surface area contributed by atoms with Crippen molar-refractivity contribution in [1.29, 1.82) is 0 Å². The van der Waals surface area contributed by atoms with Gasteiger partial charge in [0.05, 0.1) is 23.0 Å². The number of ether oxygens (including phenoxy) is 1. The number of hydrogen-bond donors (Lipinski definition) is 1. The zero-order chi connectivity index (χ0) is 19.1. The Balaban J connectivity index is 1.45. The first-order valence-electron chi connectivity index (χ1n) is 8.34. The molecule has 3 rings (SSSR count). The van der Waals surface area contributed by atoms with Crippen LogP contribution in [0.15, 0.2) is 59.6 Å². The second kappa shape index (κ2) is 9.43. The molecular formula is C19H18ClN3O3S. The van der Waals surface area contributed by atoms with Crippen molar-refractivity contribution in [2.24, 2.45) is 4.99 Å². The summed E-state index contributed by atoms with van der Waals surface area (Å²) < 4.78 is 5.52. The zero-order valence-electron chi connectivity index (χ0n) is 14.4. The maximum atomic E-state index is 12.1. The number of halogens is 1. The molecule has 2 aromatic rings. The summed E-state index contributed by atoms with van der Waals surface area (Å²) in [5.74, 6) is 0.591. The first-order valence-corrected chi connectivity index (χ1v) is 9.71. The lowest BCUT2D eigenvalue weighted by atomic mass is 10.3. The highest BCUT2D eigenvalue weighted by atomic mass is 35.5. The first-order chi connectivity index (χ1) is 13.1. The van der Waals surface area contributed by atoms with Crippen LogP contribution >= 0.6 is 23.4 Å². The highest BCUT2D eigenvalue weighted by molar-refractivity contribution is 8.14. The molecule has 0 bridgehead atoms. The van der Waals surface area contributed by atoms with Crippen LogP contribution in [0.1, 0.15) is 0 Å². The van der Waals surface area contributed by atoms with Crippen LogP contribution in [-0.2, 0) is 9.59 Å². The molecule has 27 heavy (non-hydrogen) atoms. The summed E-state index contributed by atoms with van der Waals surface area (Å²) in [6.45, 7) is 0.833. The summed E-state index contributed by atoms with van der Waals surface area (Å²) in [5.41, 5.74) is 0.574. The zero-order valence-corrected chi connectivity index (χ0v) is 16.0. The molecule has 1 heterocycles. The average molecular weight is 404 g/mol. The van der Waals surface area contributed by atoms with E-state index in [-0.39, 0.29) is 24.1 Å². The van der Waals surface area contributed by atoms with E-state index in [2.05, 4.69) is 10.3 Å². The lowest BCUT2D eigenvalue weighted by molar-refractivity contribution is -0.118. The number of amides is 2. The smallest absolute Gasteiger partial charge is 0.254 e. The number of anilines is 1. The minimum Gasteiger partial charge on any atom is -0.492 e. The highest BCUT2D eigenvalue weighted by Gasteiger charge is 2.29. The Morgan fingerprint density at radius 2 is 1.93 bits per heavy atom. The van der Waals surface area contributed by atoms with Crippen LogP contribution in [0.2, 0.25) is 5.02 Å². The van der Waals surface area contributed by atoms with Crippen molar-refractivity contribution in [2.45, 2.75) is 0 Å². The van der Waals surface area contributed by atoms with Gasteiger partial charge in [-0.1, -0.05) is 53.7 Å². The van der Waals surface area contributed by atoms with Gasteiger partial charge in [-0.25, -0.2) is 0 Å². The van der Waals surface area contributed by atoms with Gasteiger partial charge in [0.2, 0.25) is 5.91 Å². The van der Waals surface area contributed by atoms with Gasteiger partial charge in [-0.05, 0) is 24.3 Å². The van der Waals surface area contributed by atoms with E-state index in [1.54, 1.807) is 24.3 Å². The van der Waals surface area contributed by atoms with Crippen molar-refractivity contribution in [3.05, 3.63) is 59.6 Å². The number of aliphatic imine (C=N–C) groups is 1. The Kier molecular flexibility index (Phi) is 6.73. The number of para-hydroxylation sites is 2. The second-order valence-corrected chi connectivity index (χ2v) is 6.93. The van der Waals surface area contributed by atoms with Gasteiger partial charge in [0.15, 0.2) is 5.17 Å². The second-order valence-electron chi connectivity index (χ2n) is 5.58. The van der Waals surface area contributed by atoms with Crippen LogP contribution < -0.4 is 15.0 Å². The fourth-order valence-electron chi connectivity index (χ4n) is 2.42. The summed E-state index contributed by atoms with van der Waals surface area (Å²) in [6, 6.07) is 16.5. The molecule has 0 aromatic heterocycles. The fraction of sp³-hybridized carbons (Fsp3) is 0.211. The summed E-state index contributed by atoms with van der Waals surface area (Å²) >= 11 is 7.39. The summed E-state index contributed by atoms with van der Waals surface area (Å²) in [7, 11) is 0. The number of benzene rings is 2. The van der Waals surface area contributed by atoms with Crippen LogP contribution in [0.4, 0.5) is 5.69 Å². The number of thioether (sulfide) groups is 1. The fourth-order valence-corrected chi connectivity index (χ4v) is 3.49. The van der Waals surface area contributed by atoms with Crippen molar-refractivity contribution in [3.63, 3.8) is 0 Å². The molecule has 1 aliphatic heterocycles.